The minimum Gasteiger partial charge on any atom is -0.491 e. The summed E-state index contributed by atoms with van der Waals surface area (Å²) in [5.74, 6) is -3.19. The molecule has 6 nitrogen and oxygen atoms in total. The number of methoxy groups -OCH3 is 1. The van der Waals surface area contributed by atoms with E-state index in [2.05, 4.69) is 20.1 Å². The number of ether oxygens (including phenoxy) is 1. The molecule has 2 aromatic rings. The van der Waals surface area contributed by atoms with E-state index in [1.165, 1.54) is 0 Å². The molecule has 18 heavy (non-hydrogen) atoms. The second-order valence-corrected chi connectivity index (χ2v) is 3.36. The van der Waals surface area contributed by atoms with Gasteiger partial charge in [0.2, 0.25) is 0 Å². The van der Waals surface area contributed by atoms with E-state index in [1.807, 2.05) is 0 Å². The van der Waals surface area contributed by atoms with Crippen molar-refractivity contribution in [3.63, 3.8) is 0 Å². The zero-order valence-electron chi connectivity index (χ0n) is 9.20. The van der Waals surface area contributed by atoms with Crippen LogP contribution in [0.15, 0.2) is 12.1 Å². The van der Waals surface area contributed by atoms with Crippen LogP contribution < -0.4 is 10.5 Å². The Kier molecular flexibility index (Phi) is 2.92. The molecule has 1 aromatic heterocycles. The Hall–Kier alpha value is -2.51. The number of nitrogens with two attached hydrogens (primary N) is 1. The number of aromatic amines is 1. The van der Waals surface area contributed by atoms with Crippen LogP contribution >= 0.6 is 0 Å². The van der Waals surface area contributed by atoms with Gasteiger partial charge in [0.25, 0.3) is 5.91 Å². The predicted molar refractivity (Wildman–Crippen MR) is 56.8 cm³/mol. The minimum absolute atomic E-state index is 0.0250. The highest BCUT2D eigenvalue weighted by atomic mass is 19.1. The van der Waals surface area contributed by atoms with E-state index in [0.29, 0.717) is 0 Å². The summed E-state index contributed by atoms with van der Waals surface area (Å²) in [5.41, 5.74) is 4.87. The Labute approximate surface area is 99.7 Å². The normalized spacial score (nSPS) is 10.4. The van der Waals surface area contributed by atoms with Crippen LogP contribution in [0, 0.1) is 11.6 Å². The second kappa shape index (κ2) is 4.40. The predicted octanol–water partition coefficient (Wildman–Crippen LogP) is 0.857. The molecule has 0 unspecified atom stereocenters. The van der Waals surface area contributed by atoms with Crippen molar-refractivity contribution in [2.45, 2.75) is 0 Å². The molecule has 0 spiro atoms. The van der Waals surface area contributed by atoms with Crippen molar-refractivity contribution in [2.75, 3.05) is 7.11 Å². The van der Waals surface area contributed by atoms with Crippen molar-refractivity contribution in [3.8, 4) is 17.0 Å². The molecule has 0 radical (unpaired) electrons. The molecule has 0 aliphatic rings. The minimum atomic E-state index is -0.911. The average Bonchev–Trinajstić information content (AvgIpc) is 2.77. The SMILES string of the molecule is COc1c(F)cc(-c2n[nH]nc2C(N)=O)cc1F. The van der Waals surface area contributed by atoms with Crippen molar-refractivity contribution in [1.29, 1.82) is 0 Å². The van der Waals surface area contributed by atoms with Gasteiger partial charge in [0.15, 0.2) is 23.1 Å². The van der Waals surface area contributed by atoms with Gasteiger partial charge in [-0.15, -0.1) is 0 Å². The van der Waals surface area contributed by atoms with Crippen LogP contribution in [0.25, 0.3) is 11.3 Å². The summed E-state index contributed by atoms with van der Waals surface area (Å²) in [6, 6.07) is 1.96. The highest BCUT2D eigenvalue weighted by Gasteiger charge is 2.19. The molecule has 0 saturated carbocycles. The molecule has 2 rings (SSSR count). The Morgan fingerprint density at radius 1 is 1.33 bits per heavy atom. The number of carbonyl (C=O) groups excluding carboxylic acids is 1. The number of primary amides is 1. The first kappa shape index (κ1) is 12.0. The lowest BCUT2D eigenvalue weighted by atomic mass is 10.1. The van der Waals surface area contributed by atoms with Crippen molar-refractivity contribution in [2.24, 2.45) is 5.73 Å². The summed E-state index contributed by atoms with van der Waals surface area (Å²) in [7, 11) is 1.14. The van der Waals surface area contributed by atoms with E-state index in [0.717, 1.165) is 19.2 Å². The molecule has 0 aliphatic carbocycles. The third-order valence-corrected chi connectivity index (χ3v) is 2.26. The van der Waals surface area contributed by atoms with Gasteiger partial charge in [-0.05, 0) is 12.1 Å². The maximum atomic E-state index is 13.5. The van der Waals surface area contributed by atoms with Gasteiger partial charge in [-0.2, -0.15) is 15.4 Å². The van der Waals surface area contributed by atoms with Gasteiger partial charge < -0.3 is 10.5 Å². The van der Waals surface area contributed by atoms with Gasteiger partial charge in [0.1, 0.15) is 5.69 Å². The third-order valence-electron chi connectivity index (χ3n) is 2.26. The fraction of sp³-hybridized carbons (Fsp3) is 0.100. The molecule has 0 aliphatic heterocycles. The molecular formula is C10H8F2N4O2. The van der Waals surface area contributed by atoms with E-state index in [1.54, 1.807) is 0 Å². The van der Waals surface area contributed by atoms with Gasteiger partial charge in [-0.3, -0.25) is 4.79 Å². The number of hydrogen-bond donors (Lipinski definition) is 2. The standard InChI is InChI=1S/C10H8F2N4O2/c1-18-9-5(11)2-4(3-6(9)12)7-8(10(13)17)15-16-14-7/h2-3H,1H3,(H2,13,17)(H,14,15,16). The quantitative estimate of drug-likeness (QED) is 0.849. The van der Waals surface area contributed by atoms with E-state index >= 15 is 0 Å². The highest BCUT2D eigenvalue weighted by Crippen LogP contribution is 2.28. The third kappa shape index (κ3) is 1.88. The molecule has 1 heterocycles. The highest BCUT2D eigenvalue weighted by molar-refractivity contribution is 5.96. The number of benzene rings is 1. The number of rotatable bonds is 3. The number of halogens is 2. The number of carbonyl (C=O) groups is 1. The summed E-state index contributed by atoms with van der Waals surface area (Å²) in [6.07, 6.45) is 0. The average molecular weight is 254 g/mol. The largest absolute Gasteiger partial charge is 0.491 e. The van der Waals surface area contributed by atoms with E-state index in [4.69, 9.17) is 5.73 Å². The molecule has 0 saturated heterocycles. The van der Waals surface area contributed by atoms with Crippen LogP contribution in [0.3, 0.4) is 0 Å². The topological polar surface area (TPSA) is 93.9 Å². The van der Waals surface area contributed by atoms with Gasteiger partial charge in [-0.1, -0.05) is 0 Å². The lowest BCUT2D eigenvalue weighted by Crippen LogP contribution is -2.12. The zero-order chi connectivity index (χ0) is 13.3. The molecular weight excluding hydrogens is 246 g/mol. The van der Waals surface area contributed by atoms with Crippen LogP contribution in [-0.2, 0) is 0 Å². The van der Waals surface area contributed by atoms with Crippen LogP contribution in [0.4, 0.5) is 8.78 Å². The number of nitrogens with zero attached hydrogens (tertiary/aromatic N) is 2. The first-order valence-corrected chi connectivity index (χ1v) is 4.78. The Balaban J connectivity index is 2.58. The van der Waals surface area contributed by atoms with Crippen LogP contribution in [0.2, 0.25) is 0 Å². The van der Waals surface area contributed by atoms with Gasteiger partial charge in [-0.25, -0.2) is 8.78 Å². The zero-order valence-corrected chi connectivity index (χ0v) is 9.20. The Morgan fingerprint density at radius 2 is 1.94 bits per heavy atom. The lowest BCUT2D eigenvalue weighted by molar-refractivity contribution is 0.0996. The summed E-state index contributed by atoms with van der Waals surface area (Å²) < 4.78 is 31.5. The maximum absolute atomic E-state index is 13.5. The van der Waals surface area contributed by atoms with Crippen LogP contribution in [0.5, 0.6) is 5.75 Å². The number of aromatic nitrogens is 3. The molecule has 0 fully saturated rings. The molecule has 0 atom stereocenters. The second-order valence-electron chi connectivity index (χ2n) is 3.36. The van der Waals surface area contributed by atoms with Crippen molar-refractivity contribution < 1.29 is 18.3 Å². The first-order valence-electron chi connectivity index (χ1n) is 4.78. The molecule has 1 amide bonds. The molecule has 8 heteroatoms. The summed E-state index contributed by atoms with van der Waals surface area (Å²) in [6.45, 7) is 0. The van der Waals surface area contributed by atoms with Gasteiger partial charge in [0.05, 0.1) is 7.11 Å². The Morgan fingerprint density at radius 3 is 2.44 bits per heavy atom. The Bertz CT molecular complexity index is 589. The smallest absolute Gasteiger partial charge is 0.271 e. The summed E-state index contributed by atoms with van der Waals surface area (Å²) in [4.78, 5) is 11.0. The fourth-order valence-electron chi connectivity index (χ4n) is 1.50. The van der Waals surface area contributed by atoms with Gasteiger partial charge in [0, 0.05) is 5.56 Å². The molecule has 94 valence electrons. The van der Waals surface area contributed by atoms with Crippen molar-refractivity contribution in [3.05, 3.63) is 29.5 Å². The number of hydrogen-bond acceptors (Lipinski definition) is 4. The molecule has 1 aromatic carbocycles. The van der Waals surface area contributed by atoms with Crippen LogP contribution in [-0.4, -0.2) is 28.4 Å². The summed E-state index contributed by atoms with van der Waals surface area (Å²) in [5, 5.41) is 9.31. The number of H-pyrrole nitrogens is 1. The maximum Gasteiger partial charge on any atom is 0.271 e. The lowest BCUT2D eigenvalue weighted by Gasteiger charge is -2.05. The summed E-state index contributed by atoms with van der Waals surface area (Å²) >= 11 is 0. The monoisotopic (exact) mass is 254 g/mol. The molecule has 3 N–H and O–H groups in total. The number of nitrogens with one attached hydrogen (secondary N) is 1. The number of amides is 1. The fourth-order valence-corrected chi connectivity index (χ4v) is 1.50. The van der Waals surface area contributed by atoms with E-state index in [-0.39, 0.29) is 17.0 Å². The molecule has 0 bridgehead atoms. The van der Waals surface area contributed by atoms with Crippen molar-refractivity contribution >= 4 is 5.91 Å². The van der Waals surface area contributed by atoms with E-state index in [9.17, 15) is 13.6 Å². The first-order chi connectivity index (χ1) is 8.54. The van der Waals surface area contributed by atoms with E-state index < -0.39 is 23.3 Å². The van der Waals surface area contributed by atoms with Crippen molar-refractivity contribution in [1.82, 2.24) is 15.4 Å². The van der Waals surface area contributed by atoms with Crippen LogP contribution in [0.1, 0.15) is 10.5 Å². The van der Waals surface area contributed by atoms with Gasteiger partial charge >= 0.3 is 0 Å².